The third-order valence-corrected chi connectivity index (χ3v) is 3.64. The van der Waals surface area contributed by atoms with Gasteiger partial charge in [-0.2, -0.15) is 0 Å². The Kier molecular flexibility index (Phi) is 3.85. The molecule has 0 bridgehead atoms. The molecule has 1 saturated heterocycles. The number of piperidine rings is 1. The Morgan fingerprint density at radius 1 is 1.28 bits per heavy atom. The molecule has 1 aromatic rings. The average molecular weight is 248 g/mol. The van der Waals surface area contributed by atoms with Crippen molar-refractivity contribution in [1.29, 1.82) is 0 Å². The minimum Gasteiger partial charge on any atom is -0.340 e. The molecule has 1 aliphatic heterocycles. The van der Waals surface area contributed by atoms with Gasteiger partial charge in [-0.3, -0.25) is 0 Å². The molecule has 1 aromatic heterocycles. The molecule has 4 nitrogen and oxygen atoms in total. The van der Waals surface area contributed by atoms with Crippen LogP contribution in [-0.2, 0) is 5.41 Å². The normalized spacial score (nSPS) is 20.8. The van der Waals surface area contributed by atoms with Crippen LogP contribution in [0.1, 0.15) is 39.2 Å². The second-order valence-electron chi connectivity index (χ2n) is 6.13. The van der Waals surface area contributed by atoms with E-state index >= 15 is 0 Å². The van der Waals surface area contributed by atoms with Gasteiger partial charge in [0, 0.05) is 32.0 Å². The number of hydrogen-bond acceptors (Lipinski definition) is 4. The maximum atomic E-state index is 4.51. The van der Waals surface area contributed by atoms with Gasteiger partial charge < -0.3 is 10.2 Å². The maximum absolute atomic E-state index is 4.51. The number of nitrogens with one attached hydrogen (secondary N) is 1. The van der Waals surface area contributed by atoms with Crippen molar-refractivity contribution in [2.75, 3.05) is 25.0 Å². The molecule has 18 heavy (non-hydrogen) atoms. The van der Waals surface area contributed by atoms with Crippen molar-refractivity contribution in [3.63, 3.8) is 0 Å². The summed E-state index contributed by atoms with van der Waals surface area (Å²) in [5, 5.41) is 3.42. The van der Waals surface area contributed by atoms with E-state index in [1.165, 1.54) is 18.4 Å². The Labute approximate surface area is 110 Å². The first-order chi connectivity index (χ1) is 8.48. The van der Waals surface area contributed by atoms with Crippen LogP contribution in [0, 0.1) is 0 Å². The lowest BCUT2D eigenvalue weighted by Gasteiger charge is -2.31. The summed E-state index contributed by atoms with van der Waals surface area (Å²) in [6.07, 6.45) is 6.35. The maximum Gasteiger partial charge on any atom is 0.225 e. The Hall–Kier alpha value is -1.16. The van der Waals surface area contributed by atoms with E-state index in [1.807, 2.05) is 12.4 Å². The number of anilines is 1. The highest BCUT2D eigenvalue weighted by Crippen LogP contribution is 2.22. The molecular formula is C14H24N4. The van der Waals surface area contributed by atoms with Crippen LogP contribution in [0.2, 0.25) is 0 Å². The van der Waals surface area contributed by atoms with Crippen LogP contribution in [0.25, 0.3) is 0 Å². The van der Waals surface area contributed by atoms with Gasteiger partial charge in [0.05, 0.1) is 0 Å². The fourth-order valence-corrected chi connectivity index (χ4v) is 2.22. The Morgan fingerprint density at radius 3 is 2.44 bits per heavy atom. The minimum atomic E-state index is 0.115. The smallest absolute Gasteiger partial charge is 0.225 e. The van der Waals surface area contributed by atoms with Gasteiger partial charge in [0.1, 0.15) is 0 Å². The van der Waals surface area contributed by atoms with E-state index in [-0.39, 0.29) is 5.41 Å². The van der Waals surface area contributed by atoms with Crippen LogP contribution in [0.5, 0.6) is 0 Å². The van der Waals surface area contributed by atoms with Crippen molar-refractivity contribution < 1.29 is 0 Å². The third-order valence-electron chi connectivity index (χ3n) is 3.64. The summed E-state index contributed by atoms with van der Waals surface area (Å²) in [4.78, 5) is 11.2. The lowest BCUT2D eigenvalue weighted by molar-refractivity contribution is 0.441. The molecule has 0 spiro atoms. The molecular weight excluding hydrogens is 224 g/mol. The molecule has 100 valence electrons. The number of hydrogen-bond donors (Lipinski definition) is 1. The van der Waals surface area contributed by atoms with Crippen molar-refractivity contribution in [1.82, 2.24) is 15.3 Å². The number of rotatable bonds is 2. The first kappa shape index (κ1) is 13.3. The van der Waals surface area contributed by atoms with E-state index in [0.717, 1.165) is 19.0 Å². The molecule has 1 fully saturated rings. The largest absolute Gasteiger partial charge is 0.340 e. The van der Waals surface area contributed by atoms with E-state index in [4.69, 9.17) is 0 Å². The van der Waals surface area contributed by atoms with E-state index < -0.39 is 0 Å². The van der Waals surface area contributed by atoms with Crippen molar-refractivity contribution >= 4 is 5.95 Å². The second-order valence-corrected chi connectivity index (χ2v) is 6.13. The van der Waals surface area contributed by atoms with Crippen molar-refractivity contribution in [3.05, 3.63) is 18.0 Å². The molecule has 0 amide bonds. The van der Waals surface area contributed by atoms with E-state index in [1.54, 1.807) is 0 Å². The molecule has 0 saturated carbocycles. The number of nitrogens with zero attached hydrogens (tertiary/aromatic N) is 3. The van der Waals surface area contributed by atoms with Crippen LogP contribution < -0.4 is 10.2 Å². The van der Waals surface area contributed by atoms with E-state index in [2.05, 4.69) is 48.0 Å². The zero-order chi connectivity index (χ0) is 13.2. The standard InChI is InChI=1S/C14H24N4/c1-14(2,3)11-8-16-13(17-9-11)18(4)12-6-5-7-15-10-12/h8-9,12,15H,5-7,10H2,1-4H3. The molecule has 1 aliphatic rings. The third kappa shape index (κ3) is 2.99. The van der Waals surface area contributed by atoms with Crippen LogP contribution in [0.3, 0.4) is 0 Å². The zero-order valence-corrected chi connectivity index (χ0v) is 11.9. The van der Waals surface area contributed by atoms with Crippen LogP contribution in [0.15, 0.2) is 12.4 Å². The fraction of sp³-hybridized carbons (Fsp3) is 0.714. The summed E-state index contributed by atoms with van der Waals surface area (Å²) >= 11 is 0. The van der Waals surface area contributed by atoms with Crippen molar-refractivity contribution in [3.8, 4) is 0 Å². The number of aromatic nitrogens is 2. The quantitative estimate of drug-likeness (QED) is 0.868. The molecule has 1 N–H and O–H groups in total. The highest BCUT2D eigenvalue weighted by molar-refractivity contribution is 5.32. The zero-order valence-electron chi connectivity index (χ0n) is 11.9. The van der Waals surface area contributed by atoms with Gasteiger partial charge in [0.2, 0.25) is 5.95 Å². The van der Waals surface area contributed by atoms with Gasteiger partial charge in [-0.15, -0.1) is 0 Å². The van der Waals surface area contributed by atoms with Gasteiger partial charge in [-0.05, 0) is 30.4 Å². The summed E-state index contributed by atoms with van der Waals surface area (Å²) in [6.45, 7) is 8.70. The predicted octanol–water partition coefficient (Wildman–Crippen LogP) is 1.96. The SMILES string of the molecule is CN(c1ncc(C(C)(C)C)cn1)C1CCCNC1. The fourth-order valence-electron chi connectivity index (χ4n) is 2.22. The molecule has 0 aliphatic carbocycles. The summed E-state index contributed by atoms with van der Waals surface area (Å²) < 4.78 is 0. The van der Waals surface area contributed by atoms with Crippen molar-refractivity contribution in [2.24, 2.45) is 0 Å². The van der Waals surface area contributed by atoms with Gasteiger partial charge >= 0.3 is 0 Å². The lowest BCUT2D eigenvalue weighted by Crippen LogP contribution is -2.44. The topological polar surface area (TPSA) is 41.1 Å². The summed E-state index contributed by atoms with van der Waals surface area (Å²) in [6, 6.07) is 0.513. The first-order valence-corrected chi connectivity index (χ1v) is 6.74. The van der Waals surface area contributed by atoms with Crippen LogP contribution in [-0.4, -0.2) is 36.1 Å². The highest BCUT2D eigenvalue weighted by atomic mass is 15.3. The molecule has 1 atom stereocenters. The highest BCUT2D eigenvalue weighted by Gasteiger charge is 2.20. The molecule has 1 unspecified atom stereocenters. The van der Waals surface area contributed by atoms with Crippen LogP contribution >= 0.6 is 0 Å². The van der Waals surface area contributed by atoms with E-state index in [0.29, 0.717) is 6.04 Å². The summed E-state index contributed by atoms with van der Waals surface area (Å²) in [5.74, 6) is 0.830. The van der Waals surface area contributed by atoms with Gasteiger partial charge in [-0.25, -0.2) is 9.97 Å². The van der Waals surface area contributed by atoms with Gasteiger partial charge in [0.25, 0.3) is 0 Å². The monoisotopic (exact) mass is 248 g/mol. The second kappa shape index (κ2) is 5.22. The van der Waals surface area contributed by atoms with Crippen LogP contribution in [0.4, 0.5) is 5.95 Å². The Morgan fingerprint density at radius 2 is 1.94 bits per heavy atom. The summed E-state index contributed by atoms with van der Waals surface area (Å²) in [7, 11) is 2.09. The first-order valence-electron chi connectivity index (χ1n) is 6.74. The van der Waals surface area contributed by atoms with Gasteiger partial charge in [-0.1, -0.05) is 20.8 Å². The van der Waals surface area contributed by atoms with Crippen molar-refractivity contribution in [2.45, 2.75) is 45.1 Å². The molecule has 0 radical (unpaired) electrons. The molecule has 2 rings (SSSR count). The van der Waals surface area contributed by atoms with E-state index in [9.17, 15) is 0 Å². The minimum absolute atomic E-state index is 0.115. The molecule has 4 heteroatoms. The number of likely N-dealkylation sites (N-methyl/N-ethyl adjacent to an activating group) is 1. The Bertz CT molecular complexity index is 374. The summed E-state index contributed by atoms with van der Waals surface area (Å²) in [5.41, 5.74) is 1.30. The Balaban J connectivity index is 2.09. The average Bonchev–Trinajstić information content (AvgIpc) is 2.38. The predicted molar refractivity (Wildman–Crippen MR) is 75.0 cm³/mol. The molecule has 2 heterocycles. The molecule has 0 aromatic carbocycles. The lowest BCUT2D eigenvalue weighted by atomic mass is 9.89. The van der Waals surface area contributed by atoms with Gasteiger partial charge in [0.15, 0.2) is 0 Å².